The van der Waals surface area contributed by atoms with Crippen molar-refractivity contribution in [2.75, 3.05) is 7.11 Å². The quantitative estimate of drug-likeness (QED) is 0.885. The number of hydrogen-bond donors (Lipinski definition) is 2. The van der Waals surface area contributed by atoms with Gasteiger partial charge in [0.1, 0.15) is 0 Å². The van der Waals surface area contributed by atoms with E-state index in [1.807, 2.05) is 0 Å². The summed E-state index contributed by atoms with van der Waals surface area (Å²) >= 11 is 6.02. The number of aromatic hydroxyl groups is 1. The van der Waals surface area contributed by atoms with Crippen molar-refractivity contribution in [1.82, 2.24) is 5.32 Å². The summed E-state index contributed by atoms with van der Waals surface area (Å²) in [6.07, 6.45) is 3.60. The average Bonchev–Trinajstić information content (AvgIpc) is 2.69. The lowest BCUT2D eigenvalue weighted by molar-refractivity contribution is 0.359. The molecule has 1 aliphatic carbocycles. The predicted molar refractivity (Wildman–Crippen MR) is 77.9 cm³/mol. The fourth-order valence-corrected chi connectivity index (χ4v) is 3.01. The smallest absolute Gasteiger partial charge is 0.162 e. The van der Waals surface area contributed by atoms with Crippen LogP contribution in [0.1, 0.15) is 38.7 Å². The number of methoxy groups -OCH3 is 1. The molecule has 0 spiro atoms. The summed E-state index contributed by atoms with van der Waals surface area (Å²) in [6, 6.07) is 3.92. The summed E-state index contributed by atoms with van der Waals surface area (Å²) in [7, 11) is 1.53. The van der Waals surface area contributed by atoms with Gasteiger partial charge in [0.25, 0.3) is 0 Å². The zero-order valence-corrected chi connectivity index (χ0v) is 12.5. The average molecular weight is 284 g/mol. The molecule has 2 rings (SSSR count). The third-order valence-corrected chi connectivity index (χ3v) is 4.11. The molecule has 1 atom stereocenters. The summed E-state index contributed by atoms with van der Waals surface area (Å²) in [6.45, 7) is 5.21. The lowest BCUT2D eigenvalue weighted by atomic mass is 9.92. The van der Waals surface area contributed by atoms with Crippen molar-refractivity contribution in [1.29, 1.82) is 0 Å². The van der Waals surface area contributed by atoms with Gasteiger partial charge in [0.05, 0.1) is 7.11 Å². The third kappa shape index (κ3) is 3.54. The van der Waals surface area contributed by atoms with E-state index in [2.05, 4.69) is 19.2 Å². The Morgan fingerprint density at radius 2 is 2.21 bits per heavy atom. The number of phenolic OH excluding ortho intramolecular Hbond substituents is 1. The molecule has 0 amide bonds. The second-order valence-corrected chi connectivity index (χ2v) is 6.54. The first kappa shape index (κ1) is 14.5. The largest absolute Gasteiger partial charge is 0.504 e. The minimum absolute atomic E-state index is 0.177. The molecule has 1 fully saturated rings. The molecule has 1 unspecified atom stereocenters. The molecule has 106 valence electrons. The highest BCUT2D eigenvalue weighted by molar-refractivity contribution is 6.30. The van der Waals surface area contributed by atoms with Gasteiger partial charge in [-0.1, -0.05) is 25.4 Å². The van der Waals surface area contributed by atoms with Gasteiger partial charge >= 0.3 is 0 Å². The van der Waals surface area contributed by atoms with Crippen LogP contribution >= 0.6 is 11.6 Å². The van der Waals surface area contributed by atoms with E-state index in [1.165, 1.54) is 26.4 Å². The number of benzene rings is 1. The molecule has 1 aromatic carbocycles. The SMILES string of the molecule is COc1cc(Cl)cc(CNC2CCC(C)(C)C2)c1O. The van der Waals surface area contributed by atoms with Crippen LogP contribution in [0.15, 0.2) is 12.1 Å². The van der Waals surface area contributed by atoms with Gasteiger partial charge in [-0.15, -0.1) is 0 Å². The molecule has 0 aliphatic heterocycles. The highest BCUT2D eigenvalue weighted by atomic mass is 35.5. The molecule has 19 heavy (non-hydrogen) atoms. The minimum atomic E-state index is 0.177. The Morgan fingerprint density at radius 1 is 1.47 bits per heavy atom. The summed E-state index contributed by atoms with van der Waals surface area (Å²) in [5, 5.41) is 14.1. The van der Waals surface area contributed by atoms with Crippen molar-refractivity contribution in [3.63, 3.8) is 0 Å². The Kier molecular flexibility index (Phi) is 4.26. The van der Waals surface area contributed by atoms with Crippen molar-refractivity contribution < 1.29 is 9.84 Å². The molecule has 4 heteroatoms. The Hall–Kier alpha value is -0.930. The van der Waals surface area contributed by atoms with Gasteiger partial charge in [0.15, 0.2) is 11.5 Å². The van der Waals surface area contributed by atoms with Crippen LogP contribution in [0.25, 0.3) is 0 Å². The van der Waals surface area contributed by atoms with Crippen LogP contribution in [0.5, 0.6) is 11.5 Å². The van der Waals surface area contributed by atoms with E-state index >= 15 is 0 Å². The molecule has 2 N–H and O–H groups in total. The molecule has 0 bridgehead atoms. The van der Waals surface area contributed by atoms with Crippen LogP contribution in [-0.4, -0.2) is 18.3 Å². The molecule has 1 aliphatic rings. The van der Waals surface area contributed by atoms with E-state index < -0.39 is 0 Å². The van der Waals surface area contributed by atoms with Gasteiger partial charge in [0, 0.05) is 29.2 Å². The molecule has 0 radical (unpaired) electrons. The number of rotatable bonds is 4. The Bertz CT molecular complexity index is 460. The maximum Gasteiger partial charge on any atom is 0.162 e. The molecule has 0 heterocycles. The first-order valence-corrected chi connectivity index (χ1v) is 7.08. The van der Waals surface area contributed by atoms with E-state index in [-0.39, 0.29) is 5.75 Å². The lowest BCUT2D eigenvalue weighted by Gasteiger charge is -2.18. The van der Waals surface area contributed by atoms with Crippen molar-refractivity contribution in [2.45, 2.75) is 45.7 Å². The standard InChI is InChI=1S/C15H22ClNO2/c1-15(2)5-4-12(8-15)17-9-10-6-11(16)7-13(19-3)14(10)18/h6-7,12,17-18H,4-5,8-9H2,1-3H3. The van der Waals surface area contributed by atoms with Crippen LogP contribution in [0, 0.1) is 5.41 Å². The van der Waals surface area contributed by atoms with Gasteiger partial charge in [-0.25, -0.2) is 0 Å². The fraction of sp³-hybridized carbons (Fsp3) is 0.600. The van der Waals surface area contributed by atoms with E-state index in [0.717, 1.165) is 5.56 Å². The molecule has 0 aromatic heterocycles. The lowest BCUT2D eigenvalue weighted by Crippen LogP contribution is -2.26. The van der Waals surface area contributed by atoms with Gasteiger partial charge < -0.3 is 15.2 Å². The Labute approximate surface area is 119 Å². The fourth-order valence-electron chi connectivity index (χ4n) is 2.78. The first-order valence-electron chi connectivity index (χ1n) is 6.70. The number of halogens is 1. The highest BCUT2D eigenvalue weighted by Gasteiger charge is 2.30. The maximum absolute atomic E-state index is 10.1. The summed E-state index contributed by atoms with van der Waals surface area (Å²) < 4.78 is 5.11. The molecule has 0 saturated heterocycles. The summed E-state index contributed by atoms with van der Waals surface area (Å²) in [5.41, 5.74) is 1.21. The van der Waals surface area contributed by atoms with E-state index in [1.54, 1.807) is 12.1 Å². The van der Waals surface area contributed by atoms with Gasteiger partial charge in [-0.2, -0.15) is 0 Å². The number of hydrogen-bond acceptors (Lipinski definition) is 3. The monoisotopic (exact) mass is 283 g/mol. The topological polar surface area (TPSA) is 41.5 Å². The van der Waals surface area contributed by atoms with Crippen LogP contribution in [0.4, 0.5) is 0 Å². The van der Waals surface area contributed by atoms with Crippen molar-refractivity contribution >= 4 is 11.6 Å². The Balaban J connectivity index is 2.02. The van der Waals surface area contributed by atoms with E-state index in [0.29, 0.717) is 28.8 Å². The second-order valence-electron chi connectivity index (χ2n) is 6.10. The van der Waals surface area contributed by atoms with E-state index in [9.17, 15) is 5.11 Å². The minimum Gasteiger partial charge on any atom is -0.504 e. The van der Waals surface area contributed by atoms with E-state index in [4.69, 9.17) is 16.3 Å². The van der Waals surface area contributed by atoms with Crippen molar-refractivity contribution in [2.24, 2.45) is 5.41 Å². The van der Waals surface area contributed by atoms with Crippen LogP contribution in [0.2, 0.25) is 5.02 Å². The number of phenols is 1. The highest BCUT2D eigenvalue weighted by Crippen LogP contribution is 2.38. The van der Waals surface area contributed by atoms with Gasteiger partial charge in [-0.3, -0.25) is 0 Å². The molecular formula is C15H22ClNO2. The van der Waals surface area contributed by atoms with Crippen LogP contribution in [0.3, 0.4) is 0 Å². The summed E-state index contributed by atoms with van der Waals surface area (Å²) in [5.74, 6) is 0.604. The predicted octanol–water partition coefficient (Wildman–Crippen LogP) is 3.72. The third-order valence-electron chi connectivity index (χ3n) is 3.89. The van der Waals surface area contributed by atoms with Gasteiger partial charge in [-0.05, 0) is 30.7 Å². The molecular weight excluding hydrogens is 262 g/mol. The molecule has 1 saturated carbocycles. The first-order chi connectivity index (χ1) is 8.91. The maximum atomic E-state index is 10.1. The molecule has 3 nitrogen and oxygen atoms in total. The van der Waals surface area contributed by atoms with Crippen LogP contribution < -0.4 is 10.1 Å². The second kappa shape index (κ2) is 5.59. The van der Waals surface area contributed by atoms with Crippen LogP contribution in [-0.2, 0) is 6.54 Å². The molecule has 1 aromatic rings. The van der Waals surface area contributed by atoms with Crippen molar-refractivity contribution in [3.8, 4) is 11.5 Å². The normalized spacial score (nSPS) is 21.6. The van der Waals surface area contributed by atoms with Gasteiger partial charge in [0.2, 0.25) is 0 Å². The summed E-state index contributed by atoms with van der Waals surface area (Å²) in [4.78, 5) is 0. The Morgan fingerprint density at radius 3 is 2.79 bits per heavy atom. The zero-order valence-electron chi connectivity index (χ0n) is 11.8. The number of nitrogens with one attached hydrogen (secondary N) is 1. The zero-order chi connectivity index (χ0) is 14.0. The number of ether oxygens (including phenoxy) is 1. The van der Waals surface area contributed by atoms with Crippen molar-refractivity contribution in [3.05, 3.63) is 22.7 Å².